The Morgan fingerprint density at radius 1 is 1.73 bits per heavy atom. The Labute approximate surface area is 91.1 Å². The first-order chi connectivity index (χ1) is 6.94. The van der Waals surface area contributed by atoms with Crippen molar-refractivity contribution in [1.82, 2.24) is 4.98 Å². The summed E-state index contributed by atoms with van der Waals surface area (Å²) in [7, 11) is 0. The van der Waals surface area contributed by atoms with E-state index in [1.165, 1.54) is 6.20 Å². The average Bonchev–Trinajstić information content (AvgIpc) is 2.63. The lowest BCUT2D eigenvalue weighted by Crippen LogP contribution is -2.26. The lowest BCUT2D eigenvalue weighted by atomic mass is 9.95. The van der Waals surface area contributed by atoms with Crippen molar-refractivity contribution in [3.05, 3.63) is 16.3 Å². The smallest absolute Gasteiger partial charge is 0.345 e. The van der Waals surface area contributed by atoms with Crippen LogP contribution in [0, 0.1) is 15.5 Å². The topological polar surface area (TPSA) is 88.3 Å². The van der Waals surface area contributed by atoms with Crippen LogP contribution in [-0.2, 0) is 0 Å². The van der Waals surface area contributed by atoms with Crippen LogP contribution in [0.3, 0.4) is 0 Å². The SMILES string of the molecule is CC(C)(CO)CNc1ncc([N+](=O)[O-])s1. The second-order valence-corrected chi connectivity index (χ2v) is 4.95. The summed E-state index contributed by atoms with van der Waals surface area (Å²) >= 11 is 0.989. The van der Waals surface area contributed by atoms with Crippen molar-refractivity contribution in [1.29, 1.82) is 0 Å². The molecule has 1 rings (SSSR count). The van der Waals surface area contributed by atoms with Gasteiger partial charge < -0.3 is 10.4 Å². The predicted octanol–water partition coefficient (Wildman–Crippen LogP) is 1.48. The molecule has 0 saturated carbocycles. The van der Waals surface area contributed by atoms with Gasteiger partial charge >= 0.3 is 5.00 Å². The summed E-state index contributed by atoms with van der Waals surface area (Å²) in [4.78, 5) is 13.8. The molecule has 0 spiro atoms. The fourth-order valence-electron chi connectivity index (χ4n) is 0.803. The molecule has 2 N–H and O–H groups in total. The van der Waals surface area contributed by atoms with Crippen molar-refractivity contribution in [2.75, 3.05) is 18.5 Å². The molecule has 0 aliphatic rings. The van der Waals surface area contributed by atoms with E-state index in [2.05, 4.69) is 10.3 Å². The molecule has 15 heavy (non-hydrogen) atoms. The molecule has 0 bridgehead atoms. The lowest BCUT2D eigenvalue weighted by molar-refractivity contribution is -0.380. The van der Waals surface area contributed by atoms with Gasteiger partial charge in [0.1, 0.15) is 6.20 Å². The van der Waals surface area contributed by atoms with Gasteiger partial charge in [-0.1, -0.05) is 13.8 Å². The summed E-state index contributed by atoms with van der Waals surface area (Å²) in [6.07, 6.45) is 1.22. The van der Waals surface area contributed by atoms with Crippen LogP contribution in [0.1, 0.15) is 13.8 Å². The molecule has 0 amide bonds. The molecule has 0 radical (unpaired) electrons. The Balaban J connectivity index is 2.55. The first kappa shape index (κ1) is 11.9. The van der Waals surface area contributed by atoms with Gasteiger partial charge in [-0.3, -0.25) is 10.1 Å². The van der Waals surface area contributed by atoms with Crippen LogP contribution in [0.4, 0.5) is 10.1 Å². The third-order valence-electron chi connectivity index (χ3n) is 1.82. The number of anilines is 1. The average molecular weight is 231 g/mol. The van der Waals surface area contributed by atoms with E-state index in [0.29, 0.717) is 11.7 Å². The maximum Gasteiger partial charge on any atom is 0.345 e. The zero-order valence-electron chi connectivity index (χ0n) is 8.56. The van der Waals surface area contributed by atoms with Gasteiger partial charge in [-0.25, -0.2) is 4.98 Å². The summed E-state index contributed by atoms with van der Waals surface area (Å²) in [5.74, 6) is 0. The summed E-state index contributed by atoms with van der Waals surface area (Å²) in [5.41, 5.74) is -0.263. The second-order valence-electron chi connectivity index (χ2n) is 3.94. The largest absolute Gasteiger partial charge is 0.396 e. The minimum atomic E-state index is -0.472. The number of aliphatic hydroxyl groups is 1. The molecule has 7 heteroatoms. The number of rotatable bonds is 5. The lowest BCUT2D eigenvalue weighted by Gasteiger charge is -2.21. The number of nitrogens with zero attached hydrogens (tertiary/aromatic N) is 2. The Morgan fingerprint density at radius 3 is 2.87 bits per heavy atom. The zero-order valence-corrected chi connectivity index (χ0v) is 9.37. The van der Waals surface area contributed by atoms with E-state index >= 15 is 0 Å². The van der Waals surface area contributed by atoms with Gasteiger partial charge in [0.2, 0.25) is 0 Å². The molecule has 0 unspecified atom stereocenters. The van der Waals surface area contributed by atoms with Crippen molar-refractivity contribution in [2.24, 2.45) is 5.41 Å². The van der Waals surface area contributed by atoms with E-state index in [1.54, 1.807) is 0 Å². The summed E-state index contributed by atoms with van der Waals surface area (Å²) in [6, 6.07) is 0. The number of hydrogen-bond donors (Lipinski definition) is 2. The maximum atomic E-state index is 10.4. The van der Waals surface area contributed by atoms with Crippen LogP contribution in [0.15, 0.2) is 6.20 Å². The highest BCUT2D eigenvalue weighted by atomic mass is 32.1. The Morgan fingerprint density at radius 2 is 2.40 bits per heavy atom. The first-order valence-electron chi connectivity index (χ1n) is 4.39. The van der Waals surface area contributed by atoms with Crippen molar-refractivity contribution in [3.63, 3.8) is 0 Å². The van der Waals surface area contributed by atoms with E-state index in [4.69, 9.17) is 5.11 Å². The van der Waals surface area contributed by atoms with Crippen LogP contribution < -0.4 is 5.32 Å². The fourth-order valence-corrected chi connectivity index (χ4v) is 1.43. The van der Waals surface area contributed by atoms with Crippen LogP contribution >= 0.6 is 11.3 Å². The molecular weight excluding hydrogens is 218 g/mol. The first-order valence-corrected chi connectivity index (χ1v) is 5.21. The molecule has 0 aromatic carbocycles. The van der Waals surface area contributed by atoms with Crippen LogP contribution in [0.25, 0.3) is 0 Å². The number of nitro groups is 1. The standard InChI is InChI=1S/C8H13N3O3S/c1-8(2,5-12)4-10-7-9-3-6(15-7)11(13)14/h3,12H,4-5H2,1-2H3,(H,9,10). The van der Waals surface area contributed by atoms with E-state index in [-0.39, 0.29) is 17.0 Å². The number of nitrogens with one attached hydrogen (secondary N) is 1. The van der Waals surface area contributed by atoms with Gasteiger partial charge in [0, 0.05) is 18.6 Å². The molecule has 1 aromatic heterocycles. The maximum absolute atomic E-state index is 10.4. The highest BCUT2D eigenvalue weighted by Crippen LogP contribution is 2.26. The second kappa shape index (κ2) is 4.54. The molecule has 0 fully saturated rings. The van der Waals surface area contributed by atoms with Crippen molar-refractivity contribution >= 4 is 21.5 Å². The minimum Gasteiger partial charge on any atom is -0.396 e. The zero-order chi connectivity index (χ0) is 11.5. The quantitative estimate of drug-likeness (QED) is 0.592. The Bertz CT molecular complexity index is 351. The van der Waals surface area contributed by atoms with Crippen LogP contribution in [-0.4, -0.2) is 28.2 Å². The summed E-state index contributed by atoms with van der Waals surface area (Å²) in [6.45, 7) is 4.35. The molecule has 1 heterocycles. The van der Waals surface area contributed by atoms with Gasteiger partial charge in [-0.2, -0.15) is 0 Å². The number of hydrogen-bond acceptors (Lipinski definition) is 6. The summed E-state index contributed by atoms with van der Waals surface area (Å²) in [5, 5.41) is 22.9. The highest BCUT2D eigenvalue weighted by Gasteiger charge is 2.18. The monoisotopic (exact) mass is 231 g/mol. The van der Waals surface area contributed by atoms with Gasteiger partial charge in [0.05, 0.1) is 4.92 Å². The van der Waals surface area contributed by atoms with E-state index in [9.17, 15) is 10.1 Å². The third kappa shape index (κ3) is 3.45. The Hall–Kier alpha value is -1.21. The van der Waals surface area contributed by atoms with Gasteiger partial charge in [0.25, 0.3) is 0 Å². The molecule has 6 nitrogen and oxygen atoms in total. The number of aromatic nitrogens is 1. The van der Waals surface area contributed by atoms with E-state index in [1.807, 2.05) is 13.8 Å². The van der Waals surface area contributed by atoms with E-state index in [0.717, 1.165) is 11.3 Å². The minimum absolute atomic E-state index is 0.0132. The molecular formula is C8H13N3O3S. The van der Waals surface area contributed by atoms with Crippen molar-refractivity contribution < 1.29 is 10.0 Å². The predicted molar refractivity (Wildman–Crippen MR) is 58.1 cm³/mol. The molecule has 0 atom stereocenters. The van der Waals surface area contributed by atoms with Gasteiger partial charge in [0.15, 0.2) is 5.13 Å². The fraction of sp³-hybridized carbons (Fsp3) is 0.625. The summed E-state index contributed by atoms with van der Waals surface area (Å²) < 4.78 is 0. The number of thiazole rings is 1. The van der Waals surface area contributed by atoms with Crippen molar-refractivity contribution in [2.45, 2.75) is 13.8 Å². The van der Waals surface area contributed by atoms with E-state index < -0.39 is 4.92 Å². The highest BCUT2D eigenvalue weighted by molar-refractivity contribution is 7.18. The van der Waals surface area contributed by atoms with Crippen LogP contribution in [0.5, 0.6) is 0 Å². The van der Waals surface area contributed by atoms with Crippen molar-refractivity contribution in [3.8, 4) is 0 Å². The van der Waals surface area contributed by atoms with Crippen LogP contribution in [0.2, 0.25) is 0 Å². The Kier molecular flexibility index (Phi) is 3.59. The molecule has 0 saturated heterocycles. The molecule has 0 aliphatic carbocycles. The van der Waals surface area contributed by atoms with Gasteiger partial charge in [-0.05, 0) is 11.3 Å². The number of aliphatic hydroxyl groups excluding tert-OH is 1. The van der Waals surface area contributed by atoms with Gasteiger partial charge in [-0.15, -0.1) is 0 Å². The molecule has 0 aliphatic heterocycles. The third-order valence-corrected chi connectivity index (χ3v) is 2.73. The molecule has 84 valence electrons. The molecule has 1 aromatic rings. The normalized spacial score (nSPS) is 11.4.